The highest BCUT2D eigenvalue weighted by molar-refractivity contribution is 5.95. The van der Waals surface area contributed by atoms with Crippen molar-refractivity contribution in [3.05, 3.63) is 35.6 Å². The smallest absolute Gasteiger partial charge is 0.162 e. The number of benzene rings is 1. The lowest BCUT2D eigenvalue weighted by molar-refractivity contribution is 0.0968. The van der Waals surface area contributed by atoms with Crippen LogP contribution in [-0.4, -0.2) is 12.3 Å². The van der Waals surface area contributed by atoms with E-state index in [1.165, 1.54) is 12.1 Å². The second-order valence-electron chi connectivity index (χ2n) is 5.05. The largest absolute Gasteiger partial charge is 0.330 e. The number of rotatable bonds is 7. The SMILES string of the molecule is CC(C)C(CCN)CCC(=O)c1cccc(F)c1. The zero-order valence-electron chi connectivity index (χ0n) is 11.2. The molecule has 0 aromatic heterocycles. The number of halogens is 1. The van der Waals surface area contributed by atoms with Crippen molar-refractivity contribution >= 4 is 5.78 Å². The highest BCUT2D eigenvalue weighted by Crippen LogP contribution is 2.21. The summed E-state index contributed by atoms with van der Waals surface area (Å²) >= 11 is 0. The molecule has 3 heteroatoms. The van der Waals surface area contributed by atoms with E-state index in [1.807, 2.05) is 0 Å². The fourth-order valence-electron chi connectivity index (χ4n) is 2.15. The van der Waals surface area contributed by atoms with Gasteiger partial charge in [-0.1, -0.05) is 26.0 Å². The van der Waals surface area contributed by atoms with Crippen molar-refractivity contribution in [2.75, 3.05) is 6.54 Å². The Morgan fingerprint density at radius 1 is 1.33 bits per heavy atom. The Morgan fingerprint density at radius 3 is 2.61 bits per heavy atom. The lowest BCUT2D eigenvalue weighted by Crippen LogP contribution is -2.16. The van der Waals surface area contributed by atoms with E-state index < -0.39 is 0 Å². The van der Waals surface area contributed by atoms with Gasteiger partial charge >= 0.3 is 0 Å². The van der Waals surface area contributed by atoms with Gasteiger partial charge in [0.1, 0.15) is 5.82 Å². The fraction of sp³-hybridized carbons (Fsp3) is 0.533. The molecule has 0 aliphatic rings. The summed E-state index contributed by atoms with van der Waals surface area (Å²) in [6, 6.07) is 5.89. The predicted molar refractivity (Wildman–Crippen MR) is 72.0 cm³/mol. The summed E-state index contributed by atoms with van der Waals surface area (Å²) in [5.74, 6) is 0.641. The van der Waals surface area contributed by atoms with E-state index in [-0.39, 0.29) is 11.6 Å². The van der Waals surface area contributed by atoms with Gasteiger partial charge in [-0.15, -0.1) is 0 Å². The molecular formula is C15H22FNO. The first-order valence-electron chi connectivity index (χ1n) is 6.53. The lowest BCUT2D eigenvalue weighted by atomic mass is 9.87. The number of hydrogen-bond acceptors (Lipinski definition) is 2. The lowest BCUT2D eigenvalue weighted by Gasteiger charge is -2.19. The number of ketones is 1. The molecule has 0 fully saturated rings. The molecule has 1 atom stereocenters. The molecule has 18 heavy (non-hydrogen) atoms. The molecule has 2 N–H and O–H groups in total. The topological polar surface area (TPSA) is 43.1 Å². The standard InChI is InChI=1S/C15H22FNO/c1-11(2)12(8-9-17)6-7-15(18)13-4-3-5-14(16)10-13/h3-5,10-12H,6-9,17H2,1-2H3. The molecule has 1 aromatic carbocycles. The van der Waals surface area contributed by atoms with Crippen molar-refractivity contribution in [3.8, 4) is 0 Å². The van der Waals surface area contributed by atoms with Crippen LogP contribution in [0.3, 0.4) is 0 Å². The molecule has 0 amide bonds. The van der Waals surface area contributed by atoms with Crippen LogP contribution in [0.25, 0.3) is 0 Å². The third-order valence-corrected chi connectivity index (χ3v) is 3.37. The van der Waals surface area contributed by atoms with Gasteiger partial charge in [-0.25, -0.2) is 4.39 Å². The first-order chi connectivity index (χ1) is 8.54. The third-order valence-electron chi connectivity index (χ3n) is 3.37. The maximum atomic E-state index is 13.0. The van der Waals surface area contributed by atoms with Gasteiger partial charge in [-0.05, 0) is 43.4 Å². The molecule has 0 saturated carbocycles. The molecule has 0 saturated heterocycles. The van der Waals surface area contributed by atoms with Crippen LogP contribution in [0.2, 0.25) is 0 Å². The van der Waals surface area contributed by atoms with Gasteiger partial charge in [-0.3, -0.25) is 4.79 Å². The van der Waals surface area contributed by atoms with E-state index in [0.29, 0.717) is 30.4 Å². The molecule has 0 heterocycles. The van der Waals surface area contributed by atoms with E-state index in [9.17, 15) is 9.18 Å². The van der Waals surface area contributed by atoms with E-state index in [4.69, 9.17) is 5.73 Å². The van der Waals surface area contributed by atoms with Crippen molar-refractivity contribution < 1.29 is 9.18 Å². The highest BCUT2D eigenvalue weighted by atomic mass is 19.1. The molecule has 2 nitrogen and oxygen atoms in total. The van der Waals surface area contributed by atoms with Gasteiger partial charge in [0.15, 0.2) is 5.78 Å². The van der Waals surface area contributed by atoms with Crippen LogP contribution in [0, 0.1) is 17.7 Å². The molecule has 0 spiro atoms. The van der Waals surface area contributed by atoms with Crippen molar-refractivity contribution in [1.82, 2.24) is 0 Å². The molecule has 1 unspecified atom stereocenters. The van der Waals surface area contributed by atoms with Gasteiger partial charge < -0.3 is 5.73 Å². The first-order valence-corrected chi connectivity index (χ1v) is 6.53. The minimum Gasteiger partial charge on any atom is -0.330 e. The number of carbonyl (C=O) groups is 1. The van der Waals surface area contributed by atoms with Gasteiger partial charge in [0, 0.05) is 12.0 Å². The van der Waals surface area contributed by atoms with E-state index in [2.05, 4.69) is 13.8 Å². The maximum absolute atomic E-state index is 13.0. The molecule has 100 valence electrons. The Balaban J connectivity index is 2.54. The van der Waals surface area contributed by atoms with Crippen LogP contribution >= 0.6 is 0 Å². The number of carbonyl (C=O) groups excluding carboxylic acids is 1. The molecule has 0 aliphatic heterocycles. The summed E-state index contributed by atoms with van der Waals surface area (Å²) in [5, 5.41) is 0. The van der Waals surface area contributed by atoms with E-state index in [0.717, 1.165) is 12.8 Å². The van der Waals surface area contributed by atoms with Crippen LogP contribution in [-0.2, 0) is 0 Å². The van der Waals surface area contributed by atoms with Crippen LogP contribution in [0.1, 0.15) is 43.5 Å². The second-order valence-corrected chi connectivity index (χ2v) is 5.05. The van der Waals surface area contributed by atoms with Crippen LogP contribution in [0.5, 0.6) is 0 Å². The summed E-state index contributed by atoms with van der Waals surface area (Å²) < 4.78 is 13.0. The summed E-state index contributed by atoms with van der Waals surface area (Å²) in [7, 11) is 0. The van der Waals surface area contributed by atoms with E-state index in [1.54, 1.807) is 12.1 Å². The van der Waals surface area contributed by atoms with Crippen LogP contribution in [0.4, 0.5) is 4.39 Å². The van der Waals surface area contributed by atoms with Crippen LogP contribution in [0.15, 0.2) is 24.3 Å². The molecule has 0 bridgehead atoms. The summed E-state index contributed by atoms with van der Waals surface area (Å²) in [4.78, 5) is 11.9. The van der Waals surface area contributed by atoms with Gasteiger partial charge in [0.2, 0.25) is 0 Å². The summed E-state index contributed by atoms with van der Waals surface area (Å²) in [6.45, 7) is 4.94. The number of nitrogens with two attached hydrogens (primary N) is 1. The van der Waals surface area contributed by atoms with Crippen molar-refractivity contribution in [1.29, 1.82) is 0 Å². The number of Topliss-reactive ketones (excluding diaryl/α,β-unsaturated/α-hetero) is 1. The molecule has 0 aliphatic carbocycles. The van der Waals surface area contributed by atoms with E-state index >= 15 is 0 Å². The van der Waals surface area contributed by atoms with Gasteiger partial charge in [0.05, 0.1) is 0 Å². The molecule has 1 aromatic rings. The Bertz CT molecular complexity index is 390. The maximum Gasteiger partial charge on any atom is 0.162 e. The highest BCUT2D eigenvalue weighted by Gasteiger charge is 2.15. The Kier molecular flexibility index (Phi) is 5.99. The third kappa shape index (κ3) is 4.57. The van der Waals surface area contributed by atoms with Crippen molar-refractivity contribution in [2.45, 2.75) is 33.1 Å². The van der Waals surface area contributed by atoms with Gasteiger partial charge in [0.25, 0.3) is 0 Å². The normalized spacial score (nSPS) is 12.7. The number of hydrogen-bond donors (Lipinski definition) is 1. The molecular weight excluding hydrogens is 229 g/mol. The monoisotopic (exact) mass is 251 g/mol. The minimum absolute atomic E-state index is 0.0113. The Hall–Kier alpha value is -1.22. The average molecular weight is 251 g/mol. The van der Waals surface area contributed by atoms with Gasteiger partial charge in [-0.2, -0.15) is 0 Å². The Morgan fingerprint density at radius 2 is 2.06 bits per heavy atom. The zero-order chi connectivity index (χ0) is 13.5. The minimum atomic E-state index is -0.358. The quantitative estimate of drug-likeness (QED) is 0.755. The molecule has 1 rings (SSSR count). The average Bonchev–Trinajstić information content (AvgIpc) is 2.33. The first kappa shape index (κ1) is 14.8. The zero-order valence-corrected chi connectivity index (χ0v) is 11.2. The molecule has 0 radical (unpaired) electrons. The van der Waals surface area contributed by atoms with Crippen molar-refractivity contribution in [3.63, 3.8) is 0 Å². The summed E-state index contributed by atoms with van der Waals surface area (Å²) in [6.07, 6.45) is 2.23. The second kappa shape index (κ2) is 7.27. The van der Waals surface area contributed by atoms with Crippen molar-refractivity contribution in [2.24, 2.45) is 17.6 Å². The predicted octanol–water partition coefficient (Wildman–Crippen LogP) is 3.41. The fourth-order valence-corrected chi connectivity index (χ4v) is 2.15. The Labute approximate surface area is 108 Å². The van der Waals surface area contributed by atoms with Crippen LogP contribution < -0.4 is 5.73 Å². The summed E-state index contributed by atoms with van der Waals surface area (Å²) in [5.41, 5.74) is 6.03.